The van der Waals surface area contributed by atoms with Crippen molar-refractivity contribution in [2.75, 3.05) is 44.3 Å². The third-order valence-electron chi connectivity index (χ3n) is 17.2. The number of primary amides is 1. The summed E-state index contributed by atoms with van der Waals surface area (Å²) in [4.78, 5) is 227. The third kappa shape index (κ3) is 27.7. The lowest BCUT2D eigenvalue weighted by molar-refractivity contribution is -0.175. The minimum atomic E-state index is -5.58. The van der Waals surface area contributed by atoms with E-state index in [1.807, 2.05) is 0 Å². The van der Waals surface area contributed by atoms with E-state index in [1.54, 1.807) is 5.32 Å². The molecule has 4 aromatic rings. The largest absolute Gasteiger partial charge is 0.481 e. The number of aromatic amines is 3. The minimum Gasteiger partial charge on any atom is -0.481 e. The van der Waals surface area contributed by atoms with Gasteiger partial charge in [-0.25, -0.2) is 15.0 Å². The van der Waals surface area contributed by atoms with Gasteiger partial charge in [-0.05, 0) is 54.9 Å². The van der Waals surface area contributed by atoms with Gasteiger partial charge in [0.2, 0.25) is 59.1 Å². The van der Waals surface area contributed by atoms with Gasteiger partial charge in [0.1, 0.15) is 54.4 Å². The molecule has 2 bridgehead atoms. The number of hydrogen-bond donors (Lipinski definition) is 16. The van der Waals surface area contributed by atoms with Gasteiger partial charge in [0.05, 0.1) is 25.6 Å². The van der Waals surface area contributed by atoms with Crippen molar-refractivity contribution in [3.05, 3.63) is 89.5 Å². The van der Waals surface area contributed by atoms with Crippen molar-refractivity contribution in [1.82, 2.24) is 92.5 Å². The fraction of sp³-hybridized carbons (Fsp3) is 0.531. The quantitative estimate of drug-likeness (QED) is 0.0189. The molecule has 37 nitrogen and oxygen atoms in total. The molecule has 0 saturated carbocycles. The molecular formula is C64H80F9N19O18S2. The normalized spacial score (nSPS) is 17.5. The van der Waals surface area contributed by atoms with Gasteiger partial charge >= 0.3 is 48.2 Å². The number of benzene rings is 1. The van der Waals surface area contributed by atoms with Crippen molar-refractivity contribution < 1.29 is 127 Å². The number of nitrogens with zero attached hydrogens (tertiary/aromatic N) is 6. The summed E-state index contributed by atoms with van der Waals surface area (Å²) in [5, 5.41) is 47.6. The second kappa shape index (κ2) is 41.3. The number of imidazole rings is 3. The zero-order valence-electron chi connectivity index (χ0n) is 59.3. The number of aliphatic hydroxyl groups excluding tert-OH is 1. The standard InChI is InChI=1S/C64H80F9N19O18S2/c1-3-31(2)48(89-50(99)38(6-8-46(94)95)86-59(108)62(65,66)67)55(104)81-39(7-9-47(96)97)56(105)90-10-4-12-91(57(106)42(19-37-22-77-30-80-37)83-51(100)40(17-35-20-75-28-78-35)82-52(101)41(18-36-21-76-29-79-36)87-60(109)63(68,69)70)23-32-14-33(16-34(15-32)49(74)98)24-92(13-5-11-90)58(107)45-27-112-111-26-44(54(103)85-45)84-53(102)43(25-93)88-61(110)64(71,72)73/h14-16,20-22,28-31,38-45,48,93H,3-13,17-19,23-27H2,1-2H3,(H2,74,98)(H,75,78)(H,76,79)(H,77,80)(H,81,104)(H,82,101)(H,83,100)(H,84,102)(H,85,103)(H,86,108)(H,87,109)(H,88,110)(H,89,99)(H,94,95)(H,96,97)/t31-,38-,39-,40-,41-,42-,43-,44-,45-,48-/m0/s1. The number of carbonyl (C=O) groups excluding carboxylic acids is 13. The summed E-state index contributed by atoms with van der Waals surface area (Å²) < 4.78 is 121. The fourth-order valence-electron chi connectivity index (χ4n) is 11.3. The summed E-state index contributed by atoms with van der Waals surface area (Å²) in [6, 6.07) is -13.1. The number of carboxylic acids is 2. The molecule has 13 amide bonds. The summed E-state index contributed by atoms with van der Waals surface area (Å²) in [6.45, 7) is -1.41. The maximum Gasteiger partial charge on any atom is 0.471 e. The SMILES string of the molecule is CC[C@H](C)[C@H](NC(=O)[C@H](CCC(=O)O)NC(=O)C(F)(F)F)C(=O)N[C@@H](CCC(=O)O)C(=O)N1CCCN(C(=O)[C@@H]2CSSC[C@H](NC(=O)[C@H](CO)NC(=O)C(F)(F)F)C(=O)N2)Cc2cc(cc(C(N)=O)c2)CN(C(=O)[C@H](Cc2cnc[nH]2)NC(=O)[C@H](Cc2cnc[nH]2)NC(=O)[C@H](Cc2cnc[nH]2)NC(=O)C(F)(F)F)CCC1. The van der Waals surface area contributed by atoms with E-state index in [0.29, 0.717) is 0 Å². The Labute approximate surface area is 636 Å². The Morgan fingerprint density at radius 2 is 0.964 bits per heavy atom. The molecule has 0 radical (unpaired) electrons. The van der Waals surface area contributed by atoms with Crippen LogP contribution in [0.3, 0.4) is 0 Å². The van der Waals surface area contributed by atoms with E-state index in [4.69, 9.17) is 5.73 Å². The van der Waals surface area contributed by atoms with Crippen molar-refractivity contribution >= 4 is 110 Å². The highest BCUT2D eigenvalue weighted by Crippen LogP contribution is 2.28. The van der Waals surface area contributed by atoms with Crippen LogP contribution < -0.4 is 53.6 Å². The first-order chi connectivity index (χ1) is 52.6. The lowest BCUT2D eigenvalue weighted by Crippen LogP contribution is -2.60. The second-order valence-corrected chi connectivity index (χ2v) is 28.2. The highest BCUT2D eigenvalue weighted by atomic mass is 33.1. The second-order valence-electron chi connectivity index (χ2n) is 25.7. The van der Waals surface area contributed by atoms with Crippen LogP contribution in [-0.2, 0) is 99.5 Å². The number of rotatable bonds is 32. The Kier molecular flexibility index (Phi) is 33.1. The van der Waals surface area contributed by atoms with Crippen molar-refractivity contribution in [2.45, 2.75) is 164 Å². The van der Waals surface area contributed by atoms with Gasteiger partial charge in [-0.3, -0.25) is 71.9 Å². The lowest BCUT2D eigenvalue weighted by atomic mass is 9.96. The summed E-state index contributed by atoms with van der Waals surface area (Å²) in [7, 11) is 1.86. The number of nitrogens with one attached hydrogen (secondary N) is 12. The predicted octanol–water partition coefficient (Wildman–Crippen LogP) is -1.82. The minimum absolute atomic E-state index is 0.00200. The number of amides is 13. The summed E-state index contributed by atoms with van der Waals surface area (Å²) >= 11 is 0. The number of alkyl halides is 9. The smallest absolute Gasteiger partial charge is 0.471 e. The molecule has 17 N–H and O–H groups in total. The van der Waals surface area contributed by atoms with Crippen LogP contribution in [0.1, 0.15) is 97.4 Å². The fourth-order valence-corrected chi connectivity index (χ4v) is 13.6. The molecule has 2 aliphatic rings. The molecule has 6 rings (SSSR count). The van der Waals surface area contributed by atoms with Gasteiger partial charge in [0.25, 0.3) is 0 Å². The van der Waals surface area contributed by atoms with Gasteiger partial charge < -0.3 is 98.6 Å². The van der Waals surface area contributed by atoms with Crippen LogP contribution in [0.15, 0.2) is 55.8 Å². The van der Waals surface area contributed by atoms with E-state index in [2.05, 4.69) is 61.8 Å². The van der Waals surface area contributed by atoms with Gasteiger partial charge in [-0.15, -0.1) is 0 Å². The summed E-state index contributed by atoms with van der Waals surface area (Å²) in [6.07, 6.45) is -15.2. The summed E-state index contributed by atoms with van der Waals surface area (Å²) in [5.74, 6) is -24.3. The van der Waals surface area contributed by atoms with Crippen LogP contribution in [0.2, 0.25) is 0 Å². The molecule has 48 heteroatoms. The predicted molar refractivity (Wildman–Crippen MR) is 369 cm³/mol. The van der Waals surface area contributed by atoms with E-state index in [0.717, 1.165) is 48.8 Å². The van der Waals surface area contributed by atoms with Crippen molar-refractivity contribution in [1.29, 1.82) is 0 Å². The number of halogens is 9. The number of H-pyrrole nitrogens is 3. The zero-order chi connectivity index (χ0) is 82.9. The van der Waals surface area contributed by atoms with E-state index < -0.39 is 258 Å². The average molecular weight is 1640 g/mol. The number of carboxylic acid groups (broad SMARTS) is 2. The number of hydrogen-bond acceptors (Lipinski definition) is 21. The Bertz CT molecular complexity index is 3990. The van der Waals surface area contributed by atoms with Gasteiger partial charge in [0, 0.05) is 124 Å². The molecule has 0 unspecified atom stereocenters. The van der Waals surface area contributed by atoms with Crippen LogP contribution in [0, 0.1) is 5.92 Å². The molecule has 0 aliphatic carbocycles. The zero-order valence-corrected chi connectivity index (χ0v) is 61.0. The van der Waals surface area contributed by atoms with Gasteiger partial charge in [-0.1, -0.05) is 47.9 Å². The van der Waals surface area contributed by atoms with Gasteiger partial charge in [-0.2, -0.15) is 39.5 Å². The lowest BCUT2D eigenvalue weighted by Gasteiger charge is -2.34. The number of fused-ring (bicyclic) bond motifs is 2. The van der Waals surface area contributed by atoms with E-state index >= 15 is 14.4 Å². The Balaban J connectivity index is 1.44. The van der Waals surface area contributed by atoms with Crippen molar-refractivity contribution in [3.63, 3.8) is 0 Å². The molecule has 1 saturated heterocycles. The monoisotopic (exact) mass is 1640 g/mol. The first kappa shape index (κ1) is 89.8. The first-order valence-electron chi connectivity index (χ1n) is 34.1. The molecule has 5 heterocycles. The topological polar surface area (TPSA) is 547 Å². The molecule has 10 atom stereocenters. The van der Waals surface area contributed by atoms with E-state index in [1.165, 1.54) is 67.7 Å². The van der Waals surface area contributed by atoms with Crippen LogP contribution in [-0.4, -0.2) is 266 Å². The van der Waals surface area contributed by atoms with E-state index in [-0.39, 0.29) is 64.5 Å². The molecule has 2 aliphatic heterocycles. The van der Waals surface area contributed by atoms with Crippen LogP contribution in [0.25, 0.3) is 0 Å². The highest BCUT2D eigenvalue weighted by Gasteiger charge is 2.45. The maximum atomic E-state index is 15.7. The van der Waals surface area contributed by atoms with Crippen LogP contribution in [0.4, 0.5) is 39.5 Å². The third-order valence-corrected chi connectivity index (χ3v) is 19.7. The van der Waals surface area contributed by atoms with Crippen LogP contribution >= 0.6 is 21.6 Å². The maximum absolute atomic E-state index is 15.7. The summed E-state index contributed by atoms with van der Waals surface area (Å²) in [5.41, 5.74) is 6.20. The van der Waals surface area contributed by atoms with Crippen molar-refractivity contribution in [2.24, 2.45) is 11.7 Å². The number of aliphatic carboxylic acids is 2. The Morgan fingerprint density at radius 1 is 0.545 bits per heavy atom. The number of nitrogens with two attached hydrogens (primary N) is 1. The number of aromatic nitrogens is 6. The molecule has 112 heavy (non-hydrogen) atoms. The number of carbonyl (C=O) groups is 15. The Hall–Kier alpha value is -11.1. The first-order valence-corrected chi connectivity index (χ1v) is 36.6. The van der Waals surface area contributed by atoms with Crippen molar-refractivity contribution in [3.8, 4) is 0 Å². The van der Waals surface area contributed by atoms with E-state index in [9.17, 15) is 112 Å². The molecule has 614 valence electrons. The average Bonchev–Trinajstić information content (AvgIpc) is 0.859. The highest BCUT2D eigenvalue weighted by molar-refractivity contribution is 8.76. The molecule has 1 aromatic carbocycles. The molecule has 3 aromatic heterocycles. The molecule has 1 fully saturated rings. The van der Waals surface area contributed by atoms with Gasteiger partial charge in [0.15, 0.2) is 0 Å². The van der Waals surface area contributed by atoms with Crippen LogP contribution in [0.5, 0.6) is 0 Å². The Morgan fingerprint density at radius 3 is 1.44 bits per heavy atom. The molecular weight excluding hydrogens is 1560 g/mol. The molecule has 0 spiro atoms. The number of aliphatic hydroxyl groups is 1.